The predicted octanol–water partition coefficient (Wildman–Crippen LogP) is 3.45. The molecule has 7 heteroatoms. The lowest BCUT2D eigenvalue weighted by molar-refractivity contribution is 0.0572. The molecule has 0 aliphatic carbocycles. The Morgan fingerprint density at radius 2 is 2.04 bits per heavy atom. The van der Waals surface area contributed by atoms with Crippen LogP contribution in [0.3, 0.4) is 0 Å². The van der Waals surface area contributed by atoms with Gasteiger partial charge in [0, 0.05) is 50.4 Å². The summed E-state index contributed by atoms with van der Waals surface area (Å²) in [5.41, 5.74) is 2.11. The maximum Gasteiger partial charge on any atom is 0.321 e. The van der Waals surface area contributed by atoms with Crippen molar-refractivity contribution < 1.29 is 13.9 Å². The Morgan fingerprint density at radius 1 is 1.25 bits per heavy atom. The number of hydrogen-bond donors (Lipinski definition) is 1. The summed E-state index contributed by atoms with van der Waals surface area (Å²) in [5, 5.41) is 3.00. The van der Waals surface area contributed by atoms with Gasteiger partial charge < -0.3 is 19.4 Å². The summed E-state index contributed by atoms with van der Waals surface area (Å²) in [7, 11) is 0. The summed E-state index contributed by atoms with van der Waals surface area (Å²) in [6, 6.07) is 5.55. The molecule has 1 aromatic heterocycles. The molecule has 4 rings (SSSR count). The van der Waals surface area contributed by atoms with E-state index in [-0.39, 0.29) is 11.4 Å². The third-order valence-electron chi connectivity index (χ3n) is 5.43. The van der Waals surface area contributed by atoms with Gasteiger partial charge in [-0.15, -0.1) is 0 Å². The van der Waals surface area contributed by atoms with E-state index in [4.69, 9.17) is 9.15 Å². The Hall–Kier alpha value is -2.12. The van der Waals surface area contributed by atoms with Crippen LogP contribution in [0, 0.1) is 0 Å². The molecule has 0 radical (unpaired) electrons. The number of nitrogens with one attached hydrogen (secondary N) is 1. The Morgan fingerprint density at radius 3 is 2.71 bits per heavy atom. The summed E-state index contributed by atoms with van der Waals surface area (Å²) < 4.78 is 11.5. The maximum atomic E-state index is 12.6. The first kappa shape index (κ1) is 19.2. The molecule has 152 valence electrons. The van der Waals surface area contributed by atoms with E-state index in [0.717, 1.165) is 62.5 Å². The van der Waals surface area contributed by atoms with Gasteiger partial charge in [0.05, 0.1) is 6.10 Å². The lowest BCUT2D eigenvalue weighted by atomic mass is 9.97. The number of oxazole rings is 1. The van der Waals surface area contributed by atoms with Crippen molar-refractivity contribution in [2.75, 3.05) is 44.6 Å². The summed E-state index contributed by atoms with van der Waals surface area (Å²) in [6.07, 6.45) is 2.69. The molecule has 1 atom stereocenters. The van der Waals surface area contributed by atoms with Crippen molar-refractivity contribution in [3.8, 4) is 0 Å². The molecule has 1 aromatic carbocycles. The molecular weight excluding hydrogens is 356 g/mol. The number of benzene rings is 1. The van der Waals surface area contributed by atoms with Crippen LogP contribution in [-0.4, -0.2) is 66.2 Å². The molecule has 2 aliphatic rings. The monoisotopic (exact) mass is 386 g/mol. The number of carbonyl (C=O) groups is 1. The number of aromatic nitrogens is 1. The van der Waals surface area contributed by atoms with Crippen LogP contribution in [0.2, 0.25) is 0 Å². The average molecular weight is 386 g/mol. The highest BCUT2D eigenvalue weighted by molar-refractivity contribution is 5.91. The number of piperazine rings is 1. The number of hydrogen-bond acceptors (Lipinski definition) is 5. The minimum Gasteiger partial charge on any atom is -0.440 e. The predicted molar refractivity (Wildman–Crippen MR) is 109 cm³/mol. The molecular formula is C21H30N4O3. The van der Waals surface area contributed by atoms with Gasteiger partial charge in [0.1, 0.15) is 5.52 Å². The molecule has 1 unspecified atom stereocenters. The number of fused-ring (bicyclic) bond motifs is 1. The highest BCUT2D eigenvalue weighted by Gasteiger charge is 2.25. The van der Waals surface area contributed by atoms with Gasteiger partial charge in [0.25, 0.3) is 0 Å². The SMILES string of the molecule is CC(C)(C)c1nc2cc(NC(=O)N3CCN(CC4CCCO4)CC3)ccc2o1. The Labute approximate surface area is 166 Å². The van der Waals surface area contributed by atoms with Gasteiger partial charge >= 0.3 is 6.03 Å². The first-order valence-corrected chi connectivity index (χ1v) is 10.2. The lowest BCUT2D eigenvalue weighted by Gasteiger charge is -2.35. The van der Waals surface area contributed by atoms with Crippen LogP contribution in [-0.2, 0) is 10.2 Å². The third-order valence-corrected chi connectivity index (χ3v) is 5.43. The smallest absolute Gasteiger partial charge is 0.321 e. The van der Waals surface area contributed by atoms with Gasteiger partial charge in [0.2, 0.25) is 5.89 Å². The fourth-order valence-corrected chi connectivity index (χ4v) is 3.74. The van der Waals surface area contributed by atoms with Gasteiger partial charge in [-0.3, -0.25) is 4.90 Å². The second-order valence-electron chi connectivity index (χ2n) is 8.80. The van der Waals surface area contributed by atoms with Crippen molar-refractivity contribution in [2.24, 2.45) is 0 Å². The van der Waals surface area contributed by atoms with E-state index in [1.165, 1.54) is 6.42 Å². The van der Waals surface area contributed by atoms with Crippen LogP contribution >= 0.6 is 0 Å². The molecule has 28 heavy (non-hydrogen) atoms. The first-order valence-electron chi connectivity index (χ1n) is 10.2. The molecule has 3 heterocycles. The van der Waals surface area contributed by atoms with E-state index < -0.39 is 0 Å². The van der Waals surface area contributed by atoms with Crippen molar-refractivity contribution in [2.45, 2.75) is 45.1 Å². The zero-order chi connectivity index (χ0) is 19.7. The molecule has 2 fully saturated rings. The van der Waals surface area contributed by atoms with Crippen LogP contribution in [0.15, 0.2) is 22.6 Å². The quantitative estimate of drug-likeness (QED) is 0.875. The van der Waals surface area contributed by atoms with E-state index in [0.29, 0.717) is 12.0 Å². The molecule has 2 aromatic rings. The molecule has 0 spiro atoms. The van der Waals surface area contributed by atoms with Crippen LogP contribution < -0.4 is 5.32 Å². The van der Waals surface area contributed by atoms with E-state index in [1.807, 2.05) is 23.1 Å². The highest BCUT2D eigenvalue weighted by Crippen LogP contribution is 2.27. The summed E-state index contributed by atoms with van der Waals surface area (Å²) in [5.74, 6) is 0.702. The number of rotatable bonds is 3. The summed E-state index contributed by atoms with van der Waals surface area (Å²) in [4.78, 5) is 21.5. The number of anilines is 1. The Bertz CT molecular complexity index is 828. The van der Waals surface area contributed by atoms with E-state index in [9.17, 15) is 4.79 Å². The fourth-order valence-electron chi connectivity index (χ4n) is 3.74. The number of nitrogens with zero attached hydrogens (tertiary/aromatic N) is 3. The largest absolute Gasteiger partial charge is 0.440 e. The second kappa shape index (κ2) is 7.72. The van der Waals surface area contributed by atoms with Crippen molar-refractivity contribution in [3.63, 3.8) is 0 Å². The molecule has 2 amide bonds. The third kappa shape index (κ3) is 4.31. The summed E-state index contributed by atoms with van der Waals surface area (Å²) in [6.45, 7) is 11.3. The van der Waals surface area contributed by atoms with E-state index >= 15 is 0 Å². The zero-order valence-corrected chi connectivity index (χ0v) is 17.0. The van der Waals surface area contributed by atoms with Crippen molar-refractivity contribution in [1.29, 1.82) is 0 Å². The van der Waals surface area contributed by atoms with E-state index in [2.05, 4.69) is 36.0 Å². The average Bonchev–Trinajstić information content (AvgIpc) is 3.31. The van der Waals surface area contributed by atoms with Gasteiger partial charge in [-0.2, -0.15) is 0 Å². The van der Waals surface area contributed by atoms with Crippen molar-refractivity contribution in [1.82, 2.24) is 14.8 Å². The normalized spacial score (nSPS) is 21.4. The molecule has 1 N–H and O–H groups in total. The minimum absolute atomic E-state index is 0.0596. The van der Waals surface area contributed by atoms with Gasteiger partial charge in [-0.25, -0.2) is 9.78 Å². The van der Waals surface area contributed by atoms with Crippen LogP contribution in [0.25, 0.3) is 11.1 Å². The molecule has 0 saturated carbocycles. The van der Waals surface area contributed by atoms with Gasteiger partial charge in [-0.05, 0) is 31.0 Å². The number of carbonyl (C=O) groups excluding carboxylic acids is 1. The zero-order valence-electron chi connectivity index (χ0n) is 17.0. The van der Waals surface area contributed by atoms with Crippen molar-refractivity contribution in [3.05, 3.63) is 24.1 Å². The van der Waals surface area contributed by atoms with Gasteiger partial charge in [-0.1, -0.05) is 20.8 Å². The molecule has 7 nitrogen and oxygen atoms in total. The van der Waals surface area contributed by atoms with Crippen LogP contribution in [0.5, 0.6) is 0 Å². The highest BCUT2D eigenvalue weighted by atomic mass is 16.5. The minimum atomic E-state index is -0.147. The van der Waals surface area contributed by atoms with E-state index in [1.54, 1.807) is 0 Å². The number of ether oxygens (including phenoxy) is 1. The fraction of sp³-hybridized carbons (Fsp3) is 0.619. The Kier molecular flexibility index (Phi) is 5.29. The number of urea groups is 1. The second-order valence-corrected chi connectivity index (χ2v) is 8.80. The van der Waals surface area contributed by atoms with Crippen LogP contribution in [0.4, 0.5) is 10.5 Å². The molecule has 2 saturated heterocycles. The number of amides is 2. The lowest BCUT2D eigenvalue weighted by Crippen LogP contribution is -2.51. The topological polar surface area (TPSA) is 70.8 Å². The maximum absolute atomic E-state index is 12.6. The van der Waals surface area contributed by atoms with Gasteiger partial charge in [0.15, 0.2) is 5.58 Å². The Balaban J connectivity index is 1.33. The molecule has 0 bridgehead atoms. The first-order chi connectivity index (χ1) is 13.4. The standard InChI is InChI=1S/C21H30N4O3/c1-21(2,3)19-23-17-13-15(6-7-18(17)28-19)22-20(26)25-10-8-24(9-11-25)14-16-5-4-12-27-16/h6-7,13,16H,4-5,8-12,14H2,1-3H3,(H,22,26). The van der Waals surface area contributed by atoms with Crippen molar-refractivity contribution >= 4 is 22.8 Å². The van der Waals surface area contributed by atoms with Crippen LogP contribution in [0.1, 0.15) is 39.5 Å². The molecule has 2 aliphatic heterocycles. The summed E-state index contributed by atoms with van der Waals surface area (Å²) >= 11 is 0.